The van der Waals surface area contributed by atoms with E-state index in [2.05, 4.69) is 15.6 Å². The molecule has 43 heavy (non-hydrogen) atoms. The Morgan fingerprint density at radius 2 is 1.93 bits per heavy atom. The monoisotopic (exact) mass is 604 g/mol. The van der Waals surface area contributed by atoms with Crippen LogP contribution in [0, 0.1) is 18.8 Å². The lowest BCUT2D eigenvalue weighted by molar-refractivity contribution is 0.0503. The van der Waals surface area contributed by atoms with Crippen molar-refractivity contribution in [1.82, 2.24) is 29.0 Å². The molecule has 10 nitrogen and oxygen atoms in total. The molecule has 4 aromatic rings. The van der Waals surface area contributed by atoms with Gasteiger partial charge in [0.15, 0.2) is 0 Å². The van der Waals surface area contributed by atoms with Crippen LogP contribution in [-0.4, -0.2) is 77.3 Å². The molecule has 1 aliphatic heterocycles. The largest absolute Gasteiger partial charge is 0.494 e. The van der Waals surface area contributed by atoms with Crippen molar-refractivity contribution in [1.29, 1.82) is 0 Å². The van der Waals surface area contributed by atoms with Crippen LogP contribution in [0.1, 0.15) is 62.4 Å². The molecule has 11 heteroatoms. The van der Waals surface area contributed by atoms with E-state index in [4.69, 9.17) is 21.4 Å². The molecule has 4 aromatic heterocycles. The number of aromatic nitrogens is 4. The van der Waals surface area contributed by atoms with E-state index < -0.39 is 11.6 Å². The van der Waals surface area contributed by atoms with Crippen LogP contribution in [0.2, 0.25) is 5.15 Å². The number of carbonyl (C=O) groups is 2. The second-order valence-electron chi connectivity index (χ2n) is 13.4. The molecule has 2 amide bonds. The molecule has 2 unspecified atom stereocenters. The number of fused-ring (bicyclic) bond motifs is 4. The molecular formula is C32H37ClN6O4. The fourth-order valence-electron chi connectivity index (χ4n) is 7.46. The first kappa shape index (κ1) is 28.0. The normalized spacial score (nSPS) is 21.7. The number of carbonyl (C=O) groups excluding carboxylic acids is 1. The number of likely N-dealkylation sites (tertiary alicyclic amines) is 1. The van der Waals surface area contributed by atoms with Crippen LogP contribution in [0.3, 0.4) is 0 Å². The molecule has 0 radical (unpaired) electrons. The van der Waals surface area contributed by atoms with Gasteiger partial charge in [-0.2, -0.15) is 5.10 Å². The summed E-state index contributed by atoms with van der Waals surface area (Å²) in [6.07, 6.45) is 4.93. The summed E-state index contributed by atoms with van der Waals surface area (Å²) in [4.78, 5) is 34.4. The van der Waals surface area contributed by atoms with Crippen molar-refractivity contribution in [2.24, 2.45) is 11.8 Å². The highest BCUT2D eigenvalue weighted by Gasteiger charge is 2.54. The van der Waals surface area contributed by atoms with Crippen LogP contribution in [0.4, 0.5) is 4.79 Å². The smallest absolute Gasteiger partial charge is 0.408 e. The van der Waals surface area contributed by atoms with Gasteiger partial charge in [-0.05, 0) is 89.5 Å². The number of methoxy groups -OCH3 is 1. The minimum absolute atomic E-state index is 0.115. The van der Waals surface area contributed by atoms with E-state index in [9.17, 15) is 14.7 Å². The maximum absolute atomic E-state index is 14.1. The summed E-state index contributed by atoms with van der Waals surface area (Å²) < 4.78 is 9.80. The van der Waals surface area contributed by atoms with Gasteiger partial charge in [0.25, 0.3) is 5.91 Å². The number of halogens is 1. The topological polar surface area (TPSA) is 105 Å². The number of carboxylic acid groups (broad SMARTS) is 1. The van der Waals surface area contributed by atoms with Crippen molar-refractivity contribution in [2.45, 2.75) is 77.5 Å². The van der Waals surface area contributed by atoms with Gasteiger partial charge in [-0.25, -0.2) is 14.3 Å². The average Bonchev–Trinajstić information content (AvgIpc) is 3.29. The Hall–Kier alpha value is -3.79. The Balaban J connectivity index is 1.28. The van der Waals surface area contributed by atoms with Gasteiger partial charge in [0.1, 0.15) is 27.8 Å². The number of amides is 2. The summed E-state index contributed by atoms with van der Waals surface area (Å²) in [6, 6.07) is 7.31. The van der Waals surface area contributed by atoms with Crippen LogP contribution in [0.5, 0.6) is 5.75 Å². The highest BCUT2D eigenvalue weighted by Crippen LogP contribution is 2.44. The van der Waals surface area contributed by atoms with Crippen LogP contribution in [0.25, 0.3) is 27.9 Å². The lowest BCUT2D eigenvalue weighted by atomic mass is 9.98. The molecule has 0 aromatic carbocycles. The van der Waals surface area contributed by atoms with E-state index in [0.717, 1.165) is 52.9 Å². The Morgan fingerprint density at radius 1 is 1.16 bits per heavy atom. The predicted octanol–water partition coefficient (Wildman–Crippen LogP) is 6.11. The molecule has 3 aliphatic rings. The van der Waals surface area contributed by atoms with Crippen LogP contribution >= 0.6 is 11.6 Å². The van der Waals surface area contributed by atoms with E-state index in [0.29, 0.717) is 28.9 Å². The number of hydrogen-bond donors (Lipinski definition) is 1. The molecule has 2 saturated carbocycles. The fraction of sp³-hybridized carbons (Fsp3) is 0.500. The zero-order valence-corrected chi connectivity index (χ0v) is 25.9. The third-order valence-electron chi connectivity index (χ3n) is 9.52. The molecule has 3 fully saturated rings. The predicted molar refractivity (Wildman–Crippen MR) is 164 cm³/mol. The Labute approximate surface area is 255 Å². The number of rotatable bonds is 6. The molecule has 1 saturated heterocycles. The minimum atomic E-state index is -0.942. The average molecular weight is 605 g/mol. The third kappa shape index (κ3) is 4.53. The minimum Gasteiger partial charge on any atom is -0.494 e. The van der Waals surface area contributed by atoms with Crippen molar-refractivity contribution in [3.05, 3.63) is 46.7 Å². The van der Waals surface area contributed by atoms with Gasteiger partial charge >= 0.3 is 6.09 Å². The Bertz CT molecular complexity index is 1780. The molecule has 226 valence electrons. The maximum Gasteiger partial charge on any atom is 0.408 e. The first-order chi connectivity index (χ1) is 20.5. The maximum atomic E-state index is 14.1. The van der Waals surface area contributed by atoms with Gasteiger partial charge in [-0.15, -0.1) is 0 Å². The zero-order valence-electron chi connectivity index (χ0n) is 25.2. The standard InChI is InChI=1S/C32H37ClN6O4/c1-17-26(23-12-19-9-11-25(33)34-29(19)36(23)14-18-6-7-18)35-38-16-21(13-24(43-5)27(17)38)30(40)37-15-20-8-10-22(37)28(20)39(31(41)42)32(2,3)4/h9,11-13,16,18,20,22,28H,6-8,10,14-15H2,1-5H3,(H,41,42)/t20?,22?,28-/m1/s1. The van der Waals surface area contributed by atoms with E-state index in [1.165, 1.54) is 12.8 Å². The molecule has 1 N–H and O–H groups in total. The van der Waals surface area contributed by atoms with Gasteiger partial charge in [0.2, 0.25) is 0 Å². The van der Waals surface area contributed by atoms with Crippen molar-refractivity contribution in [3.8, 4) is 17.1 Å². The summed E-state index contributed by atoms with van der Waals surface area (Å²) in [5.74, 6) is 1.16. The van der Waals surface area contributed by atoms with Crippen LogP contribution in [-0.2, 0) is 6.54 Å². The summed E-state index contributed by atoms with van der Waals surface area (Å²) in [6.45, 7) is 9.15. The number of aryl methyl sites for hydroxylation is 1. The second kappa shape index (κ2) is 9.87. The number of hydrogen-bond acceptors (Lipinski definition) is 5. The van der Waals surface area contributed by atoms with E-state index in [-0.39, 0.29) is 23.9 Å². The van der Waals surface area contributed by atoms with Crippen molar-refractivity contribution < 1.29 is 19.4 Å². The van der Waals surface area contributed by atoms with E-state index >= 15 is 0 Å². The molecular weight excluding hydrogens is 568 g/mol. The first-order valence-corrected chi connectivity index (χ1v) is 15.4. The number of piperidine rings is 1. The summed E-state index contributed by atoms with van der Waals surface area (Å²) in [5.41, 5.74) is 4.26. The van der Waals surface area contributed by atoms with E-state index in [1.807, 2.05) is 38.7 Å². The molecule has 2 bridgehead atoms. The number of ether oxygens (including phenoxy) is 1. The van der Waals surface area contributed by atoms with Crippen molar-refractivity contribution in [3.63, 3.8) is 0 Å². The van der Waals surface area contributed by atoms with Gasteiger partial charge in [0.05, 0.1) is 30.5 Å². The Kier molecular flexibility index (Phi) is 6.43. The molecule has 7 rings (SSSR count). The second-order valence-corrected chi connectivity index (χ2v) is 13.8. The van der Waals surface area contributed by atoms with Crippen molar-refractivity contribution in [2.75, 3.05) is 13.7 Å². The fourth-order valence-corrected chi connectivity index (χ4v) is 7.60. The lowest BCUT2D eigenvalue weighted by Crippen LogP contribution is -2.55. The molecule has 3 atom stereocenters. The molecule has 5 heterocycles. The van der Waals surface area contributed by atoms with Crippen molar-refractivity contribution >= 4 is 40.2 Å². The molecule has 2 aliphatic carbocycles. The zero-order chi connectivity index (χ0) is 30.4. The van der Waals surface area contributed by atoms with E-state index in [1.54, 1.807) is 34.9 Å². The van der Waals surface area contributed by atoms with Gasteiger partial charge in [-0.3, -0.25) is 9.69 Å². The number of nitrogens with zero attached hydrogens (tertiary/aromatic N) is 6. The third-order valence-corrected chi connectivity index (χ3v) is 9.73. The van der Waals surface area contributed by atoms with Crippen LogP contribution < -0.4 is 4.74 Å². The molecule has 0 spiro atoms. The summed E-state index contributed by atoms with van der Waals surface area (Å²) in [5, 5.41) is 16.6. The SMILES string of the molecule is COc1cc(C(=O)N2CC3CCC2[C@@H]3N(C(=O)O)C(C)(C)C)cn2nc(-c3cc4ccc(Cl)nc4n3CC3CC3)c(C)c12. The van der Waals surface area contributed by atoms with Gasteiger partial charge < -0.3 is 19.3 Å². The summed E-state index contributed by atoms with van der Waals surface area (Å²) >= 11 is 6.29. The van der Waals surface area contributed by atoms with Gasteiger partial charge in [-0.1, -0.05) is 11.6 Å². The quantitative estimate of drug-likeness (QED) is 0.266. The highest BCUT2D eigenvalue weighted by atomic mass is 35.5. The Morgan fingerprint density at radius 3 is 2.60 bits per heavy atom. The highest BCUT2D eigenvalue weighted by molar-refractivity contribution is 6.29. The number of pyridine rings is 2. The summed E-state index contributed by atoms with van der Waals surface area (Å²) in [7, 11) is 1.60. The first-order valence-electron chi connectivity index (χ1n) is 15.0. The lowest BCUT2D eigenvalue weighted by Gasteiger charge is -2.40. The van der Waals surface area contributed by atoms with Crippen LogP contribution in [0.15, 0.2) is 30.5 Å². The van der Waals surface area contributed by atoms with Gasteiger partial charge in [0, 0.05) is 35.8 Å².